The highest BCUT2D eigenvalue weighted by Crippen LogP contribution is 2.25. The second-order valence-corrected chi connectivity index (χ2v) is 10.2. The van der Waals surface area contributed by atoms with Crippen molar-refractivity contribution in [2.45, 2.75) is 30.5 Å². The molecule has 6 nitrogen and oxygen atoms in total. The molecule has 0 fully saturated rings. The summed E-state index contributed by atoms with van der Waals surface area (Å²) in [5.74, 6) is -0.250. The summed E-state index contributed by atoms with van der Waals surface area (Å²) >= 11 is 2.64. The lowest BCUT2D eigenvalue weighted by atomic mass is 10.1. The predicted molar refractivity (Wildman–Crippen MR) is 109 cm³/mol. The Labute approximate surface area is 166 Å². The summed E-state index contributed by atoms with van der Waals surface area (Å²) in [5.41, 5.74) is 1.15. The largest absolute Gasteiger partial charge is 0.341 e. The molecule has 0 spiro atoms. The van der Waals surface area contributed by atoms with Gasteiger partial charge >= 0.3 is 0 Å². The normalized spacial score (nSPS) is 12.0. The standard InChI is InChI=1S/C18H19N3O3S3/c1-12-11-26-17(19-12)18(2,3)20-16(22)13-6-8-14(9-7-13)21-27(23,24)15-5-4-10-25-15/h4-11,21H,1-3H3,(H,20,22). The van der Waals surface area contributed by atoms with Crippen LogP contribution in [0.25, 0.3) is 0 Å². The average Bonchev–Trinajstić information content (AvgIpc) is 3.26. The van der Waals surface area contributed by atoms with Gasteiger partial charge in [-0.1, -0.05) is 6.07 Å². The van der Waals surface area contributed by atoms with E-state index < -0.39 is 15.6 Å². The molecule has 0 aliphatic rings. The maximum absolute atomic E-state index is 12.6. The summed E-state index contributed by atoms with van der Waals surface area (Å²) in [4.78, 5) is 17.0. The quantitative estimate of drug-likeness (QED) is 0.630. The molecular formula is C18H19N3O3S3. The Morgan fingerprint density at radius 2 is 1.81 bits per heavy atom. The highest BCUT2D eigenvalue weighted by molar-refractivity contribution is 7.94. The Hall–Kier alpha value is -2.23. The van der Waals surface area contributed by atoms with Crippen molar-refractivity contribution in [2.75, 3.05) is 4.72 Å². The number of amides is 1. The van der Waals surface area contributed by atoms with E-state index >= 15 is 0 Å². The first-order chi connectivity index (χ1) is 12.7. The molecule has 2 aromatic heterocycles. The number of sulfonamides is 1. The number of carbonyl (C=O) groups excluding carboxylic acids is 1. The molecule has 1 aromatic carbocycles. The number of nitrogens with one attached hydrogen (secondary N) is 2. The Bertz CT molecular complexity index is 1040. The topological polar surface area (TPSA) is 88.2 Å². The molecule has 9 heteroatoms. The Kier molecular flexibility index (Phi) is 5.36. The van der Waals surface area contributed by atoms with Gasteiger partial charge < -0.3 is 5.32 Å². The lowest BCUT2D eigenvalue weighted by Gasteiger charge is -2.24. The van der Waals surface area contributed by atoms with E-state index in [0.29, 0.717) is 11.3 Å². The summed E-state index contributed by atoms with van der Waals surface area (Å²) in [6.45, 7) is 5.70. The molecule has 27 heavy (non-hydrogen) atoms. The van der Waals surface area contributed by atoms with Crippen LogP contribution >= 0.6 is 22.7 Å². The van der Waals surface area contributed by atoms with Crippen molar-refractivity contribution >= 4 is 44.3 Å². The smallest absolute Gasteiger partial charge is 0.271 e. The van der Waals surface area contributed by atoms with E-state index in [2.05, 4.69) is 15.0 Å². The van der Waals surface area contributed by atoms with Crippen molar-refractivity contribution in [2.24, 2.45) is 0 Å². The molecule has 1 amide bonds. The highest BCUT2D eigenvalue weighted by Gasteiger charge is 2.26. The van der Waals surface area contributed by atoms with Crippen LogP contribution in [0.15, 0.2) is 51.4 Å². The SMILES string of the molecule is Cc1csc(C(C)(C)NC(=O)c2ccc(NS(=O)(=O)c3cccs3)cc2)n1. The Morgan fingerprint density at radius 3 is 2.37 bits per heavy atom. The zero-order valence-corrected chi connectivity index (χ0v) is 17.5. The molecular weight excluding hydrogens is 402 g/mol. The first-order valence-corrected chi connectivity index (χ1v) is 11.3. The summed E-state index contributed by atoms with van der Waals surface area (Å²) in [7, 11) is -3.60. The van der Waals surface area contributed by atoms with Crippen molar-refractivity contribution in [3.05, 3.63) is 63.4 Å². The van der Waals surface area contributed by atoms with Crippen LogP contribution in [0, 0.1) is 6.92 Å². The van der Waals surface area contributed by atoms with E-state index in [4.69, 9.17) is 0 Å². The molecule has 2 N–H and O–H groups in total. The van der Waals surface area contributed by atoms with Gasteiger partial charge in [-0.15, -0.1) is 22.7 Å². The number of benzene rings is 1. The van der Waals surface area contributed by atoms with Crippen LogP contribution in [0.4, 0.5) is 5.69 Å². The monoisotopic (exact) mass is 421 g/mol. The van der Waals surface area contributed by atoms with Crippen LogP contribution in [-0.4, -0.2) is 19.3 Å². The average molecular weight is 422 g/mol. The van der Waals surface area contributed by atoms with E-state index in [0.717, 1.165) is 22.0 Å². The van der Waals surface area contributed by atoms with Gasteiger partial charge in [-0.3, -0.25) is 9.52 Å². The summed E-state index contributed by atoms with van der Waals surface area (Å²) in [6, 6.07) is 9.53. The third-order valence-corrected chi connectivity index (χ3v) is 7.80. The van der Waals surface area contributed by atoms with Crippen LogP contribution < -0.4 is 10.0 Å². The lowest BCUT2D eigenvalue weighted by Crippen LogP contribution is -2.40. The Morgan fingerprint density at radius 1 is 1.11 bits per heavy atom. The second-order valence-electron chi connectivity index (χ2n) is 6.49. The number of carbonyl (C=O) groups is 1. The van der Waals surface area contributed by atoms with E-state index in [1.165, 1.54) is 17.4 Å². The highest BCUT2D eigenvalue weighted by atomic mass is 32.2. The van der Waals surface area contributed by atoms with Crippen LogP contribution in [0.3, 0.4) is 0 Å². The number of aryl methyl sites for hydroxylation is 1. The van der Waals surface area contributed by atoms with E-state index in [1.54, 1.807) is 35.7 Å². The summed E-state index contributed by atoms with van der Waals surface area (Å²) < 4.78 is 27.2. The number of thiazole rings is 1. The molecule has 0 aliphatic heterocycles. The van der Waals surface area contributed by atoms with E-state index in [1.807, 2.05) is 26.2 Å². The zero-order valence-electron chi connectivity index (χ0n) is 15.0. The fraction of sp³-hybridized carbons (Fsp3) is 0.222. The first kappa shape index (κ1) is 19.5. The number of aromatic nitrogens is 1. The summed E-state index contributed by atoms with van der Waals surface area (Å²) in [5, 5.41) is 7.44. The van der Waals surface area contributed by atoms with Gasteiger partial charge in [0.1, 0.15) is 9.22 Å². The number of nitrogens with zero attached hydrogens (tertiary/aromatic N) is 1. The van der Waals surface area contributed by atoms with Crippen LogP contribution in [0.2, 0.25) is 0 Å². The van der Waals surface area contributed by atoms with Gasteiger partial charge in [0.15, 0.2) is 0 Å². The van der Waals surface area contributed by atoms with Crippen molar-refractivity contribution in [3.8, 4) is 0 Å². The van der Waals surface area contributed by atoms with E-state index in [9.17, 15) is 13.2 Å². The third-order valence-electron chi connectivity index (χ3n) is 3.74. The van der Waals surface area contributed by atoms with Crippen molar-refractivity contribution in [3.63, 3.8) is 0 Å². The van der Waals surface area contributed by atoms with Gasteiger partial charge in [-0.05, 0) is 56.5 Å². The van der Waals surface area contributed by atoms with Gasteiger partial charge in [0.2, 0.25) is 0 Å². The van der Waals surface area contributed by atoms with Crippen molar-refractivity contribution < 1.29 is 13.2 Å². The number of rotatable bonds is 6. The maximum atomic E-state index is 12.6. The molecule has 142 valence electrons. The van der Waals surface area contributed by atoms with Crippen LogP contribution in [0.5, 0.6) is 0 Å². The fourth-order valence-corrected chi connectivity index (χ4v) is 5.29. The molecule has 2 heterocycles. The predicted octanol–water partition coefficient (Wildman–Crippen LogP) is 3.98. The van der Waals surface area contributed by atoms with Gasteiger partial charge in [0, 0.05) is 22.3 Å². The van der Waals surface area contributed by atoms with Crippen molar-refractivity contribution in [1.29, 1.82) is 0 Å². The van der Waals surface area contributed by atoms with Gasteiger partial charge in [-0.2, -0.15) is 0 Å². The minimum absolute atomic E-state index is 0.241. The molecule has 0 unspecified atom stereocenters. The second kappa shape index (κ2) is 7.41. The van der Waals surface area contributed by atoms with E-state index in [-0.39, 0.29) is 10.1 Å². The molecule has 0 bridgehead atoms. The van der Waals surface area contributed by atoms with Crippen LogP contribution in [-0.2, 0) is 15.6 Å². The lowest BCUT2D eigenvalue weighted by molar-refractivity contribution is 0.0912. The molecule has 0 saturated heterocycles. The molecule has 0 saturated carbocycles. The Balaban J connectivity index is 1.70. The minimum Gasteiger partial charge on any atom is -0.341 e. The maximum Gasteiger partial charge on any atom is 0.271 e. The fourth-order valence-electron chi connectivity index (χ4n) is 2.36. The van der Waals surface area contributed by atoms with Gasteiger partial charge in [0.05, 0.1) is 5.54 Å². The molecule has 3 aromatic rings. The minimum atomic E-state index is -3.60. The molecule has 0 aliphatic carbocycles. The third kappa shape index (κ3) is 4.55. The number of hydrogen-bond donors (Lipinski definition) is 2. The van der Waals surface area contributed by atoms with Gasteiger partial charge in [0.25, 0.3) is 15.9 Å². The summed E-state index contributed by atoms with van der Waals surface area (Å²) in [6.07, 6.45) is 0. The molecule has 0 radical (unpaired) electrons. The number of anilines is 1. The molecule has 3 rings (SSSR count). The zero-order chi connectivity index (χ0) is 19.7. The van der Waals surface area contributed by atoms with Gasteiger partial charge in [-0.25, -0.2) is 13.4 Å². The van der Waals surface area contributed by atoms with Crippen molar-refractivity contribution in [1.82, 2.24) is 10.3 Å². The van der Waals surface area contributed by atoms with Crippen LogP contribution in [0.1, 0.15) is 34.9 Å². The number of hydrogen-bond acceptors (Lipinski definition) is 6. The first-order valence-electron chi connectivity index (χ1n) is 8.09. The number of thiophene rings is 1. The molecule has 0 atom stereocenters.